The number of carbonyl (C=O) groups is 1. The number of benzene rings is 1. The Kier molecular flexibility index (Phi) is 4.59. The van der Waals surface area contributed by atoms with Gasteiger partial charge in [-0.05, 0) is 50.0 Å². The van der Waals surface area contributed by atoms with E-state index < -0.39 is 0 Å². The lowest BCUT2D eigenvalue weighted by atomic mass is 10.1. The molecule has 0 bridgehead atoms. The monoisotopic (exact) mass is 248 g/mol. The zero-order valence-electron chi connectivity index (χ0n) is 10.5. The zero-order valence-corrected chi connectivity index (χ0v) is 10.5. The normalized spacial score (nSPS) is 16.4. The maximum atomic E-state index is 10.7. The fourth-order valence-electron chi connectivity index (χ4n) is 2.11. The van der Waals surface area contributed by atoms with Crippen molar-refractivity contribution in [3.05, 3.63) is 29.8 Å². The molecular weight excluding hydrogens is 228 g/mol. The van der Waals surface area contributed by atoms with E-state index in [-0.39, 0.29) is 5.91 Å². The van der Waals surface area contributed by atoms with Crippen molar-refractivity contribution in [1.82, 2.24) is 5.32 Å². The van der Waals surface area contributed by atoms with Crippen LogP contribution >= 0.6 is 0 Å². The molecule has 0 aromatic heterocycles. The predicted octanol–water partition coefficient (Wildman–Crippen LogP) is 1.24. The van der Waals surface area contributed by atoms with Gasteiger partial charge in [0.15, 0.2) is 0 Å². The van der Waals surface area contributed by atoms with Crippen LogP contribution in [0.4, 0.5) is 0 Å². The summed E-state index contributed by atoms with van der Waals surface area (Å²) < 4.78 is 5.90. The number of hydrogen-bond acceptors (Lipinski definition) is 3. The molecular formula is C14H20N2O2. The zero-order chi connectivity index (χ0) is 12.8. The molecule has 1 fully saturated rings. The lowest BCUT2D eigenvalue weighted by Crippen LogP contribution is -2.34. The Morgan fingerprint density at radius 3 is 2.56 bits per heavy atom. The van der Waals surface area contributed by atoms with Gasteiger partial charge in [-0.3, -0.25) is 4.79 Å². The van der Waals surface area contributed by atoms with E-state index in [1.54, 1.807) is 0 Å². The first kappa shape index (κ1) is 12.9. The average Bonchev–Trinajstić information content (AvgIpc) is 2.39. The minimum absolute atomic E-state index is 0.259. The molecule has 1 aliphatic rings. The van der Waals surface area contributed by atoms with E-state index in [2.05, 4.69) is 5.32 Å². The van der Waals surface area contributed by atoms with Gasteiger partial charge in [0, 0.05) is 6.42 Å². The smallest absolute Gasteiger partial charge is 0.217 e. The molecule has 1 aromatic carbocycles. The first-order chi connectivity index (χ1) is 8.74. The van der Waals surface area contributed by atoms with Crippen LogP contribution in [0.25, 0.3) is 0 Å². The number of nitrogens with two attached hydrogens (primary N) is 1. The van der Waals surface area contributed by atoms with Crippen molar-refractivity contribution in [3.63, 3.8) is 0 Å². The van der Waals surface area contributed by atoms with Crippen molar-refractivity contribution in [3.8, 4) is 5.75 Å². The van der Waals surface area contributed by atoms with Gasteiger partial charge in [-0.15, -0.1) is 0 Å². The molecule has 1 saturated heterocycles. The molecule has 0 radical (unpaired) electrons. The maximum Gasteiger partial charge on any atom is 0.217 e. The van der Waals surface area contributed by atoms with E-state index in [1.807, 2.05) is 24.3 Å². The fraction of sp³-hybridized carbons (Fsp3) is 0.500. The number of amides is 1. The Morgan fingerprint density at radius 2 is 1.94 bits per heavy atom. The number of ether oxygens (including phenoxy) is 1. The van der Waals surface area contributed by atoms with Crippen molar-refractivity contribution in [2.45, 2.75) is 31.8 Å². The summed E-state index contributed by atoms with van der Waals surface area (Å²) in [6.45, 7) is 2.06. The van der Waals surface area contributed by atoms with Crippen LogP contribution < -0.4 is 15.8 Å². The number of carbonyl (C=O) groups excluding carboxylic acids is 1. The molecule has 3 N–H and O–H groups in total. The first-order valence-electron chi connectivity index (χ1n) is 6.48. The molecule has 1 amide bonds. The Bertz CT molecular complexity index is 383. The summed E-state index contributed by atoms with van der Waals surface area (Å²) in [5.74, 6) is 0.648. The highest BCUT2D eigenvalue weighted by Gasteiger charge is 2.14. The van der Waals surface area contributed by atoms with Gasteiger partial charge in [0.05, 0.1) is 0 Å². The maximum absolute atomic E-state index is 10.7. The second-order valence-electron chi connectivity index (χ2n) is 4.68. The van der Waals surface area contributed by atoms with E-state index in [9.17, 15) is 4.79 Å². The Labute approximate surface area is 108 Å². The van der Waals surface area contributed by atoms with Crippen LogP contribution in [0.2, 0.25) is 0 Å². The Balaban J connectivity index is 1.84. The van der Waals surface area contributed by atoms with E-state index in [0.29, 0.717) is 18.9 Å². The molecule has 4 heteroatoms. The predicted molar refractivity (Wildman–Crippen MR) is 70.5 cm³/mol. The van der Waals surface area contributed by atoms with E-state index in [1.165, 1.54) is 0 Å². The van der Waals surface area contributed by atoms with Gasteiger partial charge in [0.1, 0.15) is 11.9 Å². The molecule has 18 heavy (non-hydrogen) atoms. The second kappa shape index (κ2) is 6.40. The lowest BCUT2D eigenvalue weighted by molar-refractivity contribution is -0.117. The van der Waals surface area contributed by atoms with Crippen LogP contribution in [0.3, 0.4) is 0 Å². The van der Waals surface area contributed by atoms with Crippen LogP contribution in [0.15, 0.2) is 24.3 Å². The standard InChI is InChI=1S/C14H20N2O2/c15-14(17)6-3-11-1-4-12(5-2-11)18-13-7-9-16-10-8-13/h1-2,4-5,13,16H,3,6-10H2,(H2,15,17). The van der Waals surface area contributed by atoms with Gasteiger partial charge < -0.3 is 15.8 Å². The summed E-state index contributed by atoms with van der Waals surface area (Å²) in [5, 5.41) is 3.31. The van der Waals surface area contributed by atoms with Crippen molar-refractivity contribution in [2.24, 2.45) is 5.73 Å². The highest BCUT2D eigenvalue weighted by atomic mass is 16.5. The summed E-state index contributed by atoms with van der Waals surface area (Å²) in [5.41, 5.74) is 6.24. The number of aryl methyl sites for hydroxylation is 1. The fourth-order valence-corrected chi connectivity index (χ4v) is 2.11. The summed E-state index contributed by atoms with van der Waals surface area (Å²) in [6, 6.07) is 7.94. The van der Waals surface area contributed by atoms with Crippen molar-refractivity contribution in [1.29, 1.82) is 0 Å². The second-order valence-corrected chi connectivity index (χ2v) is 4.68. The van der Waals surface area contributed by atoms with Crippen LogP contribution in [0.5, 0.6) is 5.75 Å². The van der Waals surface area contributed by atoms with Crippen LogP contribution in [0, 0.1) is 0 Å². The quantitative estimate of drug-likeness (QED) is 0.824. The molecule has 1 aromatic rings. The minimum Gasteiger partial charge on any atom is -0.490 e. The molecule has 1 heterocycles. The summed E-state index contributed by atoms with van der Waals surface area (Å²) in [6.07, 6.45) is 3.53. The van der Waals surface area contributed by atoms with Crippen molar-refractivity contribution >= 4 is 5.91 Å². The Hall–Kier alpha value is -1.55. The molecule has 0 spiro atoms. The topological polar surface area (TPSA) is 64.4 Å². The number of hydrogen-bond donors (Lipinski definition) is 2. The largest absolute Gasteiger partial charge is 0.490 e. The highest BCUT2D eigenvalue weighted by Crippen LogP contribution is 2.18. The summed E-state index contributed by atoms with van der Waals surface area (Å²) >= 11 is 0. The van der Waals surface area contributed by atoms with E-state index in [4.69, 9.17) is 10.5 Å². The van der Waals surface area contributed by atoms with Gasteiger partial charge in [0.2, 0.25) is 5.91 Å². The molecule has 98 valence electrons. The minimum atomic E-state index is -0.259. The molecule has 1 aliphatic heterocycles. The van der Waals surface area contributed by atoms with Crippen LogP contribution in [-0.4, -0.2) is 25.1 Å². The van der Waals surface area contributed by atoms with Gasteiger partial charge in [-0.25, -0.2) is 0 Å². The van der Waals surface area contributed by atoms with E-state index >= 15 is 0 Å². The number of primary amides is 1. The molecule has 0 atom stereocenters. The number of rotatable bonds is 5. The van der Waals surface area contributed by atoms with Crippen LogP contribution in [0.1, 0.15) is 24.8 Å². The average molecular weight is 248 g/mol. The molecule has 2 rings (SSSR count). The Morgan fingerprint density at radius 1 is 1.28 bits per heavy atom. The third-order valence-corrected chi connectivity index (χ3v) is 3.17. The SMILES string of the molecule is NC(=O)CCc1ccc(OC2CCNCC2)cc1. The summed E-state index contributed by atoms with van der Waals surface area (Å²) in [7, 11) is 0. The van der Waals surface area contributed by atoms with Gasteiger partial charge >= 0.3 is 0 Å². The first-order valence-corrected chi connectivity index (χ1v) is 6.48. The molecule has 0 unspecified atom stereocenters. The highest BCUT2D eigenvalue weighted by molar-refractivity contribution is 5.74. The third-order valence-electron chi connectivity index (χ3n) is 3.17. The van der Waals surface area contributed by atoms with Crippen molar-refractivity contribution < 1.29 is 9.53 Å². The third kappa shape index (κ3) is 4.04. The number of nitrogens with one attached hydrogen (secondary N) is 1. The van der Waals surface area contributed by atoms with Gasteiger partial charge in [-0.2, -0.15) is 0 Å². The lowest BCUT2D eigenvalue weighted by Gasteiger charge is -2.23. The van der Waals surface area contributed by atoms with Gasteiger partial charge in [-0.1, -0.05) is 12.1 Å². The summed E-state index contributed by atoms with van der Waals surface area (Å²) in [4.78, 5) is 10.7. The van der Waals surface area contributed by atoms with Crippen LogP contribution in [-0.2, 0) is 11.2 Å². The molecule has 0 aliphatic carbocycles. The number of piperidine rings is 1. The van der Waals surface area contributed by atoms with Gasteiger partial charge in [0.25, 0.3) is 0 Å². The molecule has 4 nitrogen and oxygen atoms in total. The van der Waals surface area contributed by atoms with E-state index in [0.717, 1.165) is 37.2 Å². The molecule has 0 saturated carbocycles. The van der Waals surface area contributed by atoms with Crippen molar-refractivity contribution in [2.75, 3.05) is 13.1 Å².